The fourth-order valence-corrected chi connectivity index (χ4v) is 3.88. The molecule has 0 unspecified atom stereocenters. The second kappa shape index (κ2) is 3.24. The molecule has 2 aliphatic rings. The van der Waals surface area contributed by atoms with Crippen molar-refractivity contribution < 1.29 is 5.11 Å². The molecule has 1 spiro atoms. The molecule has 1 nitrogen and oxygen atoms in total. The molecule has 0 saturated heterocycles. The van der Waals surface area contributed by atoms with E-state index in [-0.39, 0.29) is 5.41 Å². The van der Waals surface area contributed by atoms with Crippen molar-refractivity contribution in [1.82, 2.24) is 0 Å². The lowest BCUT2D eigenvalue weighted by molar-refractivity contribution is -0.106. The minimum atomic E-state index is -0.602. The van der Waals surface area contributed by atoms with Crippen molar-refractivity contribution in [3.8, 4) is 0 Å². The van der Waals surface area contributed by atoms with Crippen molar-refractivity contribution in [3.05, 3.63) is 71.3 Å². The molecule has 0 radical (unpaired) electrons. The molecule has 0 bridgehead atoms. The molecule has 1 saturated carbocycles. The number of fused-ring (bicyclic) bond motifs is 2. The van der Waals surface area contributed by atoms with E-state index in [0.717, 1.165) is 24.8 Å². The first-order valence-corrected chi connectivity index (χ1v) is 6.58. The summed E-state index contributed by atoms with van der Waals surface area (Å²) in [7, 11) is 0. The van der Waals surface area contributed by atoms with E-state index in [1.54, 1.807) is 0 Å². The number of rotatable bonds is 1. The predicted octanol–water partition coefficient (Wildman–Crippen LogP) is 3.16. The van der Waals surface area contributed by atoms with E-state index < -0.39 is 5.60 Å². The monoisotopic (exact) mass is 236 g/mol. The highest BCUT2D eigenvalue weighted by molar-refractivity contribution is 5.50. The van der Waals surface area contributed by atoms with Crippen LogP contribution in [0.2, 0.25) is 0 Å². The maximum atomic E-state index is 10.7. The quantitative estimate of drug-likeness (QED) is 0.806. The Morgan fingerprint density at radius 1 is 0.833 bits per heavy atom. The lowest BCUT2D eigenvalue weighted by Gasteiger charge is -2.59. The predicted molar refractivity (Wildman–Crippen MR) is 71.4 cm³/mol. The highest BCUT2D eigenvalue weighted by Crippen LogP contribution is 2.62. The number of benzene rings is 2. The van der Waals surface area contributed by atoms with E-state index in [0.29, 0.717) is 0 Å². The van der Waals surface area contributed by atoms with Crippen LogP contribution in [-0.2, 0) is 17.4 Å². The average Bonchev–Trinajstić information content (AvgIpc) is 2.36. The highest BCUT2D eigenvalue weighted by Gasteiger charge is 2.59. The second-order valence-electron chi connectivity index (χ2n) is 5.87. The van der Waals surface area contributed by atoms with Gasteiger partial charge >= 0.3 is 0 Å². The lowest BCUT2D eigenvalue weighted by Crippen LogP contribution is -2.58. The van der Waals surface area contributed by atoms with E-state index in [1.165, 1.54) is 11.1 Å². The van der Waals surface area contributed by atoms with Gasteiger partial charge in [0.25, 0.3) is 0 Å². The Kier molecular flexibility index (Phi) is 1.86. The van der Waals surface area contributed by atoms with E-state index in [2.05, 4.69) is 24.3 Å². The third-order valence-electron chi connectivity index (χ3n) is 4.69. The molecule has 0 atom stereocenters. The topological polar surface area (TPSA) is 20.2 Å². The van der Waals surface area contributed by atoms with Crippen LogP contribution in [0, 0.1) is 0 Å². The first-order chi connectivity index (χ1) is 8.72. The zero-order valence-corrected chi connectivity index (χ0v) is 10.3. The Morgan fingerprint density at radius 2 is 1.50 bits per heavy atom. The van der Waals surface area contributed by atoms with Gasteiger partial charge in [-0.2, -0.15) is 0 Å². The van der Waals surface area contributed by atoms with Gasteiger partial charge in [-0.15, -0.1) is 0 Å². The van der Waals surface area contributed by atoms with Gasteiger partial charge in [0.15, 0.2) is 0 Å². The van der Waals surface area contributed by atoms with E-state index in [1.807, 2.05) is 30.3 Å². The first kappa shape index (κ1) is 10.3. The molecule has 2 aliphatic carbocycles. The van der Waals surface area contributed by atoms with E-state index in [4.69, 9.17) is 0 Å². The Hall–Kier alpha value is -1.60. The normalized spacial score (nSPS) is 32.5. The maximum Gasteiger partial charge on any atom is 0.0913 e. The zero-order valence-electron chi connectivity index (χ0n) is 10.3. The summed E-state index contributed by atoms with van der Waals surface area (Å²) in [5.41, 5.74) is 3.66. The molecular formula is C17H16O. The van der Waals surface area contributed by atoms with Crippen LogP contribution in [0.15, 0.2) is 54.6 Å². The molecule has 0 heterocycles. The molecule has 2 aromatic rings. The Labute approximate surface area is 107 Å². The number of hydrogen-bond acceptors (Lipinski definition) is 1. The summed E-state index contributed by atoms with van der Waals surface area (Å²) in [6.45, 7) is 0. The van der Waals surface area contributed by atoms with Crippen LogP contribution in [0.4, 0.5) is 0 Å². The Morgan fingerprint density at radius 3 is 2.22 bits per heavy atom. The van der Waals surface area contributed by atoms with Crippen LogP contribution in [0.1, 0.15) is 29.5 Å². The van der Waals surface area contributed by atoms with Gasteiger partial charge in [-0.25, -0.2) is 0 Å². The molecule has 0 aromatic heterocycles. The van der Waals surface area contributed by atoms with E-state index >= 15 is 0 Å². The molecule has 4 rings (SSSR count). The molecule has 2 aromatic carbocycles. The summed E-state index contributed by atoms with van der Waals surface area (Å²) in [6.07, 6.45) is 2.89. The summed E-state index contributed by atoms with van der Waals surface area (Å²) < 4.78 is 0. The number of aliphatic hydroxyl groups is 1. The minimum Gasteiger partial charge on any atom is -0.385 e. The highest BCUT2D eigenvalue weighted by atomic mass is 16.3. The fraction of sp³-hybridized carbons (Fsp3) is 0.294. The maximum absolute atomic E-state index is 10.7. The van der Waals surface area contributed by atoms with Gasteiger partial charge in [-0.05, 0) is 36.0 Å². The van der Waals surface area contributed by atoms with Gasteiger partial charge in [-0.1, -0.05) is 54.6 Å². The molecular weight excluding hydrogens is 220 g/mol. The minimum absolute atomic E-state index is 0.265. The van der Waals surface area contributed by atoms with Crippen molar-refractivity contribution in [2.24, 2.45) is 0 Å². The molecule has 0 aliphatic heterocycles. The van der Waals surface area contributed by atoms with Crippen LogP contribution in [-0.4, -0.2) is 5.11 Å². The smallest absolute Gasteiger partial charge is 0.0913 e. The van der Waals surface area contributed by atoms with Crippen LogP contribution in [0.5, 0.6) is 0 Å². The third-order valence-corrected chi connectivity index (χ3v) is 4.69. The molecule has 1 N–H and O–H groups in total. The van der Waals surface area contributed by atoms with Crippen LogP contribution in [0.25, 0.3) is 0 Å². The van der Waals surface area contributed by atoms with Gasteiger partial charge in [0.1, 0.15) is 0 Å². The van der Waals surface area contributed by atoms with Crippen molar-refractivity contribution in [2.45, 2.75) is 30.3 Å². The summed E-state index contributed by atoms with van der Waals surface area (Å²) >= 11 is 0. The summed E-state index contributed by atoms with van der Waals surface area (Å²) in [5.74, 6) is 0. The molecule has 0 amide bonds. The lowest BCUT2D eigenvalue weighted by atomic mass is 9.46. The van der Waals surface area contributed by atoms with Crippen LogP contribution < -0.4 is 0 Å². The first-order valence-electron chi connectivity index (χ1n) is 6.58. The summed E-state index contributed by atoms with van der Waals surface area (Å²) in [6, 6.07) is 18.7. The van der Waals surface area contributed by atoms with Crippen molar-refractivity contribution in [2.75, 3.05) is 0 Å². The second-order valence-corrected chi connectivity index (χ2v) is 5.87. The fourth-order valence-electron chi connectivity index (χ4n) is 3.88. The SMILES string of the molecule is OC1(c2ccccc2)CC2(Cc3ccccc32)C1. The van der Waals surface area contributed by atoms with Crippen molar-refractivity contribution in [3.63, 3.8) is 0 Å². The van der Waals surface area contributed by atoms with Gasteiger partial charge < -0.3 is 5.11 Å². The van der Waals surface area contributed by atoms with Gasteiger partial charge in [0, 0.05) is 5.41 Å². The standard InChI is InChI=1S/C17H16O/c18-17(14-7-2-1-3-8-14)11-16(12-17)10-13-6-4-5-9-15(13)16/h1-9,18H,10-12H2. The molecule has 90 valence electrons. The summed E-state index contributed by atoms with van der Waals surface area (Å²) in [5, 5.41) is 10.7. The molecule has 18 heavy (non-hydrogen) atoms. The van der Waals surface area contributed by atoms with Gasteiger partial charge in [-0.3, -0.25) is 0 Å². The Bertz CT molecular complexity index is 592. The zero-order chi connectivity index (χ0) is 12.2. The van der Waals surface area contributed by atoms with Crippen molar-refractivity contribution >= 4 is 0 Å². The number of hydrogen-bond donors (Lipinski definition) is 1. The van der Waals surface area contributed by atoms with Gasteiger partial charge in [0.05, 0.1) is 5.60 Å². The average molecular weight is 236 g/mol. The Balaban J connectivity index is 1.64. The summed E-state index contributed by atoms with van der Waals surface area (Å²) in [4.78, 5) is 0. The van der Waals surface area contributed by atoms with Crippen molar-refractivity contribution in [1.29, 1.82) is 0 Å². The van der Waals surface area contributed by atoms with E-state index in [9.17, 15) is 5.11 Å². The largest absolute Gasteiger partial charge is 0.385 e. The van der Waals surface area contributed by atoms with Crippen LogP contribution in [0.3, 0.4) is 0 Å². The third kappa shape index (κ3) is 1.20. The molecule has 1 fully saturated rings. The van der Waals surface area contributed by atoms with Gasteiger partial charge in [0.2, 0.25) is 0 Å². The molecule has 1 heteroatoms. The van der Waals surface area contributed by atoms with Crippen LogP contribution >= 0.6 is 0 Å².